The summed E-state index contributed by atoms with van der Waals surface area (Å²) >= 11 is 5.89. The van der Waals surface area contributed by atoms with Crippen molar-refractivity contribution in [3.63, 3.8) is 0 Å². The van der Waals surface area contributed by atoms with E-state index >= 15 is 0 Å². The first-order valence-corrected chi connectivity index (χ1v) is 4.80. The molecule has 4 heteroatoms. The van der Waals surface area contributed by atoms with E-state index in [4.69, 9.17) is 27.2 Å². The first-order chi connectivity index (χ1) is 6.63. The van der Waals surface area contributed by atoms with Crippen molar-refractivity contribution < 1.29 is 9.84 Å². The monoisotopic (exact) mass is 215 g/mol. The van der Waals surface area contributed by atoms with Crippen LogP contribution in [0.3, 0.4) is 0 Å². The van der Waals surface area contributed by atoms with Crippen LogP contribution >= 0.6 is 11.6 Å². The Bertz CT molecular complexity index is 302. The Morgan fingerprint density at radius 3 is 2.86 bits per heavy atom. The first kappa shape index (κ1) is 11.3. The SMILES string of the molecule is CC(O)COc1cc(CN)ccc1Cl. The average molecular weight is 216 g/mol. The molecule has 0 spiro atoms. The molecule has 1 aromatic rings. The Labute approximate surface area is 88.4 Å². The minimum absolute atomic E-state index is 0.230. The van der Waals surface area contributed by atoms with Crippen molar-refractivity contribution in [1.29, 1.82) is 0 Å². The topological polar surface area (TPSA) is 55.5 Å². The molecule has 0 fully saturated rings. The molecule has 0 amide bonds. The highest BCUT2D eigenvalue weighted by molar-refractivity contribution is 6.32. The summed E-state index contributed by atoms with van der Waals surface area (Å²) in [6.45, 7) is 2.33. The van der Waals surface area contributed by atoms with Gasteiger partial charge in [0.05, 0.1) is 11.1 Å². The molecule has 1 rings (SSSR count). The van der Waals surface area contributed by atoms with Gasteiger partial charge in [-0.05, 0) is 24.6 Å². The van der Waals surface area contributed by atoms with E-state index in [1.165, 1.54) is 0 Å². The lowest BCUT2D eigenvalue weighted by atomic mass is 10.2. The predicted octanol–water partition coefficient (Wildman–Crippen LogP) is 1.56. The Hall–Kier alpha value is -0.770. The smallest absolute Gasteiger partial charge is 0.138 e. The van der Waals surface area contributed by atoms with Crippen LogP contribution in [0.1, 0.15) is 12.5 Å². The summed E-state index contributed by atoms with van der Waals surface area (Å²) in [7, 11) is 0. The van der Waals surface area contributed by atoms with Crippen molar-refractivity contribution in [2.75, 3.05) is 6.61 Å². The summed E-state index contributed by atoms with van der Waals surface area (Å²) in [6.07, 6.45) is -0.507. The second-order valence-electron chi connectivity index (χ2n) is 3.13. The van der Waals surface area contributed by atoms with Crippen molar-refractivity contribution in [3.8, 4) is 5.75 Å². The van der Waals surface area contributed by atoms with Gasteiger partial charge in [0.2, 0.25) is 0 Å². The zero-order valence-electron chi connectivity index (χ0n) is 8.03. The van der Waals surface area contributed by atoms with E-state index in [2.05, 4.69) is 0 Å². The molecule has 1 atom stereocenters. The van der Waals surface area contributed by atoms with Gasteiger partial charge < -0.3 is 15.6 Å². The molecule has 3 nitrogen and oxygen atoms in total. The minimum Gasteiger partial charge on any atom is -0.489 e. The number of aliphatic hydroxyl groups excluding tert-OH is 1. The van der Waals surface area contributed by atoms with E-state index in [-0.39, 0.29) is 6.61 Å². The van der Waals surface area contributed by atoms with Crippen LogP contribution in [-0.2, 0) is 6.54 Å². The third kappa shape index (κ3) is 3.18. The zero-order valence-corrected chi connectivity index (χ0v) is 8.79. The average Bonchev–Trinajstić information content (AvgIpc) is 2.16. The number of ether oxygens (including phenoxy) is 1. The van der Waals surface area contributed by atoms with Gasteiger partial charge in [-0.3, -0.25) is 0 Å². The molecule has 0 radical (unpaired) electrons. The molecule has 14 heavy (non-hydrogen) atoms. The van der Waals surface area contributed by atoms with Gasteiger partial charge >= 0.3 is 0 Å². The summed E-state index contributed by atoms with van der Waals surface area (Å²) in [4.78, 5) is 0. The number of aliphatic hydroxyl groups is 1. The molecular weight excluding hydrogens is 202 g/mol. The first-order valence-electron chi connectivity index (χ1n) is 4.43. The molecule has 1 aromatic carbocycles. The van der Waals surface area contributed by atoms with Gasteiger partial charge in [-0.1, -0.05) is 17.7 Å². The number of halogens is 1. The maximum absolute atomic E-state index is 9.04. The van der Waals surface area contributed by atoms with Gasteiger partial charge in [-0.25, -0.2) is 0 Å². The number of hydrogen-bond acceptors (Lipinski definition) is 3. The van der Waals surface area contributed by atoms with E-state index in [1.807, 2.05) is 6.07 Å². The lowest BCUT2D eigenvalue weighted by molar-refractivity contribution is 0.123. The Balaban J connectivity index is 2.73. The van der Waals surface area contributed by atoms with Crippen molar-refractivity contribution in [2.24, 2.45) is 5.73 Å². The van der Waals surface area contributed by atoms with Crippen molar-refractivity contribution in [1.82, 2.24) is 0 Å². The van der Waals surface area contributed by atoms with Crippen LogP contribution in [0.15, 0.2) is 18.2 Å². The van der Waals surface area contributed by atoms with Crippen molar-refractivity contribution >= 4 is 11.6 Å². The molecule has 0 aromatic heterocycles. The highest BCUT2D eigenvalue weighted by Crippen LogP contribution is 2.25. The second kappa shape index (κ2) is 5.20. The number of rotatable bonds is 4. The molecule has 0 aliphatic carbocycles. The lowest BCUT2D eigenvalue weighted by Crippen LogP contribution is -2.13. The van der Waals surface area contributed by atoms with Gasteiger partial charge in [0.1, 0.15) is 12.4 Å². The normalized spacial score (nSPS) is 12.6. The Morgan fingerprint density at radius 1 is 1.57 bits per heavy atom. The highest BCUT2D eigenvalue weighted by Gasteiger charge is 2.04. The quantitative estimate of drug-likeness (QED) is 0.802. The third-order valence-corrected chi connectivity index (χ3v) is 2.02. The molecule has 0 heterocycles. The van der Waals surface area contributed by atoms with Gasteiger partial charge in [0.15, 0.2) is 0 Å². The van der Waals surface area contributed by atoms with Crippen LogP contribution in [0.25, 0.3) is 0 Å². The molecule has 0 aliphatic heterocycles. The lowest BCUT2D eigenvalue weighted by Gasteiger charge is -2.10. The second-order valence-corrected chi connectivity index (χ2v) is 3.54. The molecular formula is C10H14ClNO2. The van der Waals surface area contributed by atoms with Crippen LogP contribution in [0.5, 0.6) is 5.75 Å². The van der Waals surface area contributed by atoms with E-state index in [9.17, 15) is 0 Å². The maximum atomic E-state index is 9.04. The van der Waals surface area contributed by atoms with Crippen molar-refractivity contribution in [3.05, 3.63) is 28.8 Å². The van der Waals surface area contributed by atoms with E-state index in [0.29, 0.717) is 17.3 Å². The number of hydrogen-bond donors (Lipinski definition) is 2. The molecule has 0 bridgehead atoms. The Kier molecular flexibility index (Phi) is 4.20. The Morgan fingerprint density at radius 2 is 2.29 bits per heavy atom. The molecule has 3 N–H and O–H groups in total. The fourth-order valence-corrected chi connectivity index (χ4v) is 1.17. The standard InChI is InChI=1S/C10H14ClNO2/c1-7(13)6-14-10-4-8(5-12)2-3-9(10)11/h2-4,7,13H,5-6,12H2,1H3. The molecule has 0 saturated heterocycles. The fraction of sp³-hybridized carbons (Fsp3) is 0.400. The van der Waals surface area contributed by atoms with Crippen LogP contribution < -0.4 is 10.5 Å². The summed E-state index contributed by atoms with van der Waals surface area (Å²) in [5, 5.41) is 9.57. The zero-order chi connectivity index (χ0) is 10.6. The van der Waals surface area contributed by atoms with Gasteiger partial charge in [0.25, 0.3) is 0 Å². The van der Waals surface area contributed by atoms with Crippen LogP contribution in [0.2, 0.25) is 5.02 Å². The van der Waals surface area contributed by atoms with Crippen LogP contribution in [-0.4, -0.2) is 17.8 Å². The van der Waals surface area contributed by atoms with Gasteiger partial charge in [-0.15, -0.1) is 0 Å². The van der Waals surface area contributed by atoms with Crippen LogP contribution in [0, 0.1) is 0 Å². The van der Waals surface area contributed by atoms with E-state index < -0.39 is 6.10 Å². The molecule has 78 valence electrons. The summed E-state index contributed by atoms with van der Waals surface area (Å²) in [5.41, 5.74) is 6.43. The van der Waals surface area contributed by atoms with E-state index in [1.54, 1.807) is 19.1 Å². The number of nitrogens with two attached hydrogens (primary N) is 1. The number of benzene rings is 1. The molecule has 0 saturated carbocycles. The molecule has 0 aliphatic rings. The minimum atomic E-state index is -0.507. The van der Waals surface area contributed by atoms with Gasteiger partial charge in [-0.2, -0.15) is 0 Å². The highest BCUT2D eigenvalue weighted by atomic mass is 35.5. The summed E-state index contributed by atoms with van der Waals surface area (Å²) < 4.78 is 5.30. The summed E-state index contributed by atoms with van der Waals surface area (Å²) in [5.74, 6) is 0.565. The maximum Gasteiger partial charge on any atom is 0.138 e. The molecule has 1 unspecified atom stereocenters. The summed E-state index contributed by atoms with van der Waals surface area (Å²) in [6, 6.07) is 5.36. The van der Waals surface area contributed by atoms with Crippen molar-refractivity contribution in [2.45, 2.75) is 19.6 Å². The van der Waals surface area contributed by atoms with Crippen LogP contribution in [0.4, 0.5) is 0 Å². The van der Waals surface area contributed by atoms with Gasteiger partial charge in [0, 0.05) is 6.54 Å². The largest absolute Gasteiger partial charge is 0.489 e. The van der Waals surface area contributed by atoms with E-state index in [0.717, 1.165) is 5.56 Å². The third-order valence-electron chi connectivity index (χ3n) is 1.71. The predicted molar refractivity (Wildman–Crippen MR) is 56.5 cm³/mol. The fourth-order valence-electron chi connectivity index (χ4n) is 0.996.